The highest BCUT2D eigenvalue weighted by Gasteiger charge is 2.47. The van der Waals surface area contributed by atoms with E-state index in [1.165, 1.54) is 0 Å². The summed E-state index contributed by atoms with van der Waals surface area (Å²) >= 11 is 0. The molecule has 0 bridgehead atoms. The van der Waals surface area contributed by atoms with Crippen molar-refractivity contribution >= 4 is 18.7 Å². The molecule has 3 rings (SSSR count). The van der Waals surface area contributed by atoms with Crippen LogP contribution in [0.4, 0.5) is 4.79 Å². The lowest BCUT2D eigenvalue weighted by Gasteiger charge is -2.34. The van der Waals surface area contributed by atoms with E-state index in [-0.39, 0.29) is 18.6 Å². The fourth-order valence-electron chi connectivity index (χ4n) is 3.27. The summed E-state index contributed by atoms with van der Waals surface area (Å²) in [7, 11) is -0.996. The molecular formula is C20H31BNO7+. The van der Waals surface area contributed by atoms with E-state index in [4.69, 9.17) is 18.9 Å². The number of hydrogen-bond donors (Lipinski definition) is 2. The van der Waals surface area contributed by atoms with Crippen molar-refractivity contribution in [3.63, 3.8) is 0 Å². The summed E-state index contributed by atoms with van der Waals surface area (Å²) in [4.78, 5) is 11.9. The van der Waals surface area contributed by atoms with Gasteiger partial charge in [-0.15, -0.1) is 0 Å². The average molecular weight is 408 g/mol. The summed E-state index contributed by atoms with van der Waals surface area (Å²) in [6, 6.07) is 5.56. The quantitative estimate of drug-likeness (QED) is 0.562. The largest absolute Gasteiger partial charge is 0.733 e. The molecule has 0 aromatic heterocycles. The Bertz CT molecular complexity index is 724. The predicted molar refractivity (Wildman–Crippen MR) is 108 cm³/mol. The van der Waals surface area contributed by atoms with Gasteiger partial charge in [-0.2, -0.15) is 0 Å². The van der Waals surface area contributed by atoms with Gasteiger partial charge in [-0.25, -0.2) is 4.79 Å². The van der Waals surface area contributed by atoms with Crippen molar-refractivity contribution in [1.29, 1.82) is 0 Å². The number of hydrogen-bond acceptors (Lipinski definition) is 6. The smallest absolute Gasteiger partial charge is 0.504 e. The van der Waals surface area contributed by atoms with Gasteiger partial charge in [0.1, 0.15) is 16.8 Å². The van der Waals surface area contributed by atoms with Crippen molar-refractivity contribution in [1.82, 2.24) is 5.32 Å². The number of nitrogens with one attached hydrogen (secondary N) is 1. The van der Waals surface area contributed by atoms with Gasteiger partial charge in [-0.1, -0.05) is 12.1 Å². The lowest BCUT2D eigenvalue weighted by atomic mass is 9.78. The molecule has 3 N–H and O–H groups in total. The van der Waals surface area contributed by atoms with E-state index >= 15 is 0 Å². The normalized spacial score (nSPS) is 21.6. The number of ether oxygens (including phenoxy) is 4. The van der Waals surface area contributed by atoms with E-state index in [9.17, 15) is 9.82 Å². The van der Waals surface area contributed by atoms with Gasteiger partial charge in [0.2, 0.25) is 0 Å². The molecule has 1 atom stereocenters. The highest BCUT2D eigenvalue weighted by Crippen LogP contribution is 2.26. The molecule has 2 aliphatic rings. The first kappa shape index (κ1) is 21.9. The Kier molecular flexibility index (Phi) is 6.43. The molecule has 9 heteroatoms. The van der Waals surface area contributed by atoms with E-state index in [0.717, 1.165) is 5.56 Å². The Morgan fingerprint density at radius 2 is 2.03 bits per heavy atom. The van der Waals surface area contributed by atoms with Gasteiger partial charge in [0.05, 0.1) is 26.4 Å². The van der Waals surface area contributed by atoms with Crippen molar-refractivity contribution in [2.45, 2.75) is 52.1 Å². The fourth-order valence-corrected chi connectivity index (χ4v) is 3.27. The second-order valence-electron chi connectivity index (χ2n) is 8.88. The van der Waals surface area contributed by atoms with Gasteiger partial charge in [0.25, 0.3) is 0 Å². The SMILES string of the molecule is CC(C)(C)OC(=O)NCC1[OH+]B(O)c2c(OCC3COC(C)(C)OC3)cccc21. The molecule has 29 heavy (non-hydrogen) atoms. The van der Waals surface area contributed by atoms with Crippen molar-refractivity contribution in [3.8, 4) is 5.75 Å². The maximum Gasteiger partial charge on any atom is 0.733 e. The van der Waals surface area contributed by atoms with Gasteiger partial charge < -0.3 is 33.9 Å². The lowest BCUT2D eigenvalue weighted by Crippen LogP contribution is -2.41. The minimum Gasteiger partial charge on any atom is -0.504 e. The summed E-state index contributed by atoms with van der Waals surface area (Å²) < 4.78 is 26.9. The maximum atomic E-state index is 11.9. The predicted octanol–water partition coefficient (Wildman–Crippen LogP) is 1.26. The van der Waals surface area contributed by atoms with Crippen LogP contribution in [0.5, 0.6) is 5.75 Å². The Hall–Kier alpha value is -1.81. The molecule has 2 aliphatic heterocycles. The third-order valence-corrected chi connectivity index (χ3v) is 4.68. The van der Waals surface area contributed by atoms with Crippen LogP contribution < -0.4 is 15.5 Å². The van der Waals surface area contributed by atoms with Crippen molar-refractivity contribution < 1.29 is 33.4 Å². The molecule has 1 fully saturated rings. The van der Waals surface area contributed by atoms with E-state index in [2.05, 4.69) is 9.97 Å². The molecule has 1 aromatic carbocycles. The number of rotatable bonds is 5. The van der Waals surface area contributed by atoms with E-state index in [1.54, 1.807) is 20.8 Å². The zero-order valence-electron chi connectivity index (χ0n) is 17.7. The number of aliphatic hydroxyl groups is 1. The van der Waals surface area contributed by atoms with Crippen LogP contribution in [0.2, 0.25) is 0 Å². The minimum absolute atomic E-state index is 0.110. The van der Waals surface area contributed by atoms with Crippen molar-refractivity contribution in [2.75, 3.05) is 26.4 Å². The number of fused-ring (bicyclic) bond motifs is 1. The third-order valence-electron chi connectivity index (χ3n) is 4.68. The maximum absolute atomic E-state index is 11.9. The molecule has 0 saturated carbocycles. The Labute approximate surface area is 171 Å². The van der Waals surface area contributed by atoms with Crippen molar-refractivity contribution in [2.24, 2.45) is 5.92 Å². The first-order valence-corrected chi connectivity index (χ1v) is 9.92. The molecule has 1 aromatic rings. The number of carbonyl (C=O) groups excluding carboxylic acids is 1. The van der Waals surface area contributed by atoms with Crippen LogP contribution in [0.1, 0.15) is 46.3 Å². The Morgan fingerprint density at radius 1 is 1.34 bits per heavy atom. The second kappa shape index (κ2) is 8.51. The van der Waals surface area contributed by atoms with Crippen LogP contribution in [0.3, 0.4) is 0 Å². The van der Waals surface area contributed by atoms with E-state index in [0.29, 0.717) is 31.0 Å². The number of carbonyl (C=O) groups is 1. The molecule has 8 nitrogen and oxygen atoms in total. The summed E-state index contributed by atoms with van der Waals surface area (Å²) in [5, 5.41) is 13.2. The molecule has 2 heterocycles. The monoisotopic (exact) mass is 408 g/mol. The Morgan fingerprint density at radius 3 is 2.69 bits per heavy atom. The molecule has 1 unspecified atom stereocenters. The highest BCUT2D eigenvalue weighted by molar-refractivity contribution is 6.62. The zero-order chi connectivity index (χ0) is 21.2. The Balaban J connectivity index is 1.60. The standard InChI is InChI=1S/C20H30BNO7/c1-19(2,3)28-18(23)22-9-16-14-7-6-8-15(17(14)21(24)29-16)25-10-13-11-26-20(4,5)27-12-13/h6-8,13,16,24H,9-12H2,1-5H3,(H,22,23)/p+1. The number of amides is 1. The van der Waals surface area contributed by atoms with Gasteiger partial charge in [-0.05, 0) is 40.7 Å². The van der Waals surface area contributed by atoms with Crippen LogP contribution in [0, 0.1) is 5.92 Å². The fraction of sp³-hybridized carbons (Fsp3) is 0.650. The number of benzene rings is 1. The van der Waals surface area contributed by atoms with Crippen LogP contribution in [-0.2, 0) is 14.2 Å². The summed E-state index contributed by atoms with van der Waals surface area (Å²) in [6.07, 6.45) is -0.874. The van der Waals surface area contributed by atoms with Gasteiger partial charge in [-0.3, -0.25) is 0 Å². The van der Waals surface area contributed by atoms with Gasteiger partial charge >= 0.3 is 13.2 Å². The van der Waals surface area contributed by atoms with Crippen LogP contribution in [0.25, 0.3) is 0 Å². The zero-order valence-corrected chi connectivity index (χ0v) is 17.7. The highest BCUT2D eigenvalue weighted by atomic mass is 16.7. The van der Waals surface area contributed by atoms with E-state index < -0.39 is 24.6 Å². The topological polar surface area (TPSA) is 99.1 Å². The van der Waals surface area contributed by atoms with Crippen LogP contribution in [-0.4, -0.2) is 60.6 Å². The molecule has 1 saturated heterocycles. The van der Waals surface area contributed by atoms with Crippen LogP contribution >= 0.6 is 0 Å². The van der Waals surface area contributed by atoms with Crippen molar-refractivity contribution in [3.05, 3.63) is 23.8 Å². The first-order chi connectivity index (χ1) is 13.5. The minimum atomic E-state index is -0.996. The molecular weight excluding hydrogens is 377 g/mol. The molecule has 0 aliphatic carbocycles. The third kappa shape index (κ3) is 5.85. The molecule has 1 amide bonds. The lowest BCUT2D eigenvalue weighted by molar-refractivity contribution is -0.264. The van der Waals surface area contributed by atoms with Gasteiger partial charge in [0.15, 0.2) is 11.9 Å². The first-order valence-electron chi connectivity index (χ1n) is 9.92. The second-order valence-corrected chi connectivity index (χ2v) is 8.88. The summed E-state index contributed by atoms with van der Waals surface area (Å²) in [5.74, 6) is 0.135. The van der Waals surface area contributed by atoms with Gasteiger partial charge in [0, 0.05) is 11.5 Å². The molecule has 0 spiro atoms. The van der Waals surface area contributed by atoms with Crippen LogP contribution in [0.15, 0.2) is 18.2 Å². The molecule has 0 radical (unpaired) electrons. The van der Waals surface area contributed by atoms with E-state index in [1.807, 2.05) is 32.0 Å². The average Bonchev–Trinajstić information content (AvgIpc) is 2.94. The number of alkyl carbamates (subject to hydrolysis) is 1. The summed E-state index contributed by atoms with van der Waals surface area (Å²) in [5.41, 5.74) is 0.904. The molecule has 160 valence electrons. The summed E-state index contributed by atoms with van der Waals surface area (Å²) in [6.45, 7) is 10.9.